The molecule has 1 aliphatic heterocycles. The van der Waals surface area contributed by atoms with E-state index in [1.807, 2.05) is 0 Å². The number of aliphatic hydroxyl groups is 1. The van der Waals surface area contributed by atoms with Gasteiger partial charge in [-0.2, -0.15) is 17.6 Å². The number of carbonyl (C=O) groups excluding carboxylic acids is 1. The molecule has 1 saturated heterocycles. The zero-order valence-electron chi connectivity index (χ0n) is 20.4. The number of aliphatic hydroxyl groups excluding tert-OH is 1. The third kappa shape index (κ3) is 5.16. The number of halogens is 5. The smallest absolute Gasteiger partial charge is 0.417 e. The zero-order chi connectivity index (χ0) is 27.0. The number of anilines is 1. The van der Waals surface area contributed by atoms with Crippen molar-refractivity contribution in [2.75, 3.05) is 33.1 Å². The van der Waals surface area contributed by atoms with Gasteiger partial charge in [-0.1, -0.05) is 13.0 Å². The number of amides is 1. The van der Waals surface area contributed by atoms with Crippen LogP contribution in [0.25, 0.3) is 0 Å². The van der Waals surface area contributed by atoms with Crippen molar-refractivity contribution in [2.45, 2.75) is 43.8 Å². The lowest BCUT2D eigenvalue weighted by Crippen LogP contribution is -2.47. The minimum Gasteiger partial charge on any atom is -0.493 e. The first-order valence-electron chi connectivity index (χ1n) is 11.1. The van der Waals surface area contributed by atoms with Gasteiger partial charge in [0, 0.05) is 35.8 Å². The molecule has 2 heterocycles. The molecule has 3 rings (SSSR count). The summed E-state index contributed by atoms with van der Waals surface area (Å²) in [4.78, 5) is 19.1. The van der Waals surface area contributed by atoms with Crippen molar-refractivity contribution in [1.29, 1.82) is 0 Å². The SMILES string of the molecule is COc1c([C@H]2[C@H](C(=O)Nc3ccnc([C@H](O)CN(C)C)c3)O[C@@](C)(C(F)(F)F)[C@H]2C)ccc(F)c1F. The predicted molar refractivity (Wildman–Crippen MR) is 121 cm³/mol. The van der Waals surface area contributed by atoms with Gasteiger partial charge in [0.05, 0.1) is 12.8 Å². The van der Waals surface area contributed by atoms with Gasteiger partial charge < -0.3 is 24.8 Å². The first-order chi connectivity index (χ1) is 16.7. The third-order valence-corrected chi connectivity index (χ3v) is 6.50. The van der Waals surface area contributed by atoms with E-state index < -0.39 is 59.1 Å². The van der Waals surface area contributed by atoms with Crippen LogP contribution in [0.5, 0.6) is 5.75 Å². The fourth-order valence-electron chi connectivity index (χ4n) is 4.40. The Hall–Kier alpha value is -2.83. The van der Waals surface area contributed by atoms with Crippen molar-refractivity contribution in [1.82, 2.24) is 9.88 Å². The zero-order valence-corrected chi connectivity index (χ0v) is 20.4. The predicted octanol–water partition coefficient (Wildman–Crippen LogP) is 4.04. The van der Waals surface area contributed by atoms with Crippen molar-refractivity contribution in [3.8, 4) is 5.75 Å². The molecule has 0 aliphatic carbocycles. The van der Waals surface area contributed by atoms with Crippen molar-refractivity contribution in [3.05, 3.63) is 53.4 Å². The highest BCUT2D eigenvalue weighted by Crippen LogP contribution is 2.55. The van der Waals surface area contributed by atoms with Crippen LogP contribution in [0.1, 0.15) is 37.1 Å². The summed E-state index contributed by atoms with van der Waals surface area (Å²) in [6, 6.07) is 4.64. The van der Waals surface area contributed by atoms with E-state index in [0.29, 0.717) is 0 Å². The Labute approximate surface area is 205 Å². The number of likely N-dealkylation sites (N-methyl/N-ethyl adjacent to an activating group) is 1. The molecule has 0 unspecified atom stereocenters. The molecule has 0 spiro atoms. The Balaban J connectivity index is 2.01. The summed E-state index contributed by atoms with van der Waals surface area (Å²) in [6.07, 6.45) is -6.25. The number of rotatable bonds is 7. The normalized spacial score (nSPS) is 25.2. The van der Waals surface area contributed by atoms with Crippen LogP contribution in [-0.2, 0) is 9.53 Å². The minimum atomic E-state index is -4.87. The van der Waals surface area contributed by atoms with Crippen LogP contribution in [0.2, 0.25) is 0 Å². The molecule has 12 heteroatoms. The molecule has 0 radical (unpaired) electrons. The van der Waals surface area contributed by atoms with E-state index in [2.05, 4.69) is 10.3 Å². The number of pyridine rings is 1. The van der Waals surface area contributed by atoms with Gasteiger partial charge >= 0.3 is 6.18 Å². The van der Waals surface area contributed by atoms with Gasteiger partial charge in [-0.25, -0.2) is 4.39 Å². The average molecular weight is 517 g/mol. The lowest BCUT2D eigenvalue weighted by molar-refractivity contribution is -0.272. The Morgan fingerprint density at radius 3 is 2.56 bits per heavy atom. The molecule has 1 fully saturated rings. The summed E-state index contributed by atoms with van der Waals surface area (Å²) in [6.45, 7) is 2.29. The van der Waals surface area contributed by atoms with Crippen LogP contribution in [0.15, 0.2) is 30.5 Å². The standard InChI is InChI=1S/C24H28F5N3O4/c1-12-18(14-6-7-15(25)19(26)20(14)35-5)21(36-23(12,2)24(27,28)29)22(34)31-13-8-9-30-16(10-13)17(33)11-32(3)4/h6-10,12,17-18,21,33H,11H2,1-5H3,(H,30,31,34)/t12-,17+,18-,21+,23+/m0/s1. The maximum Gasteiger partial charge on any atom is 0.417 e. The maximum absolute atomic E-state index is 14.5. The Morgan fingerprint density at radius 1 is 1.31 bits per heavy atom. The van der Waals surface area contributed by atoms with Gasteiger partial charge in [0.1, 0.15) is 12.2 Å². The molecule has 1 amide bonds. The van der Waals surface area contributed by atoms with E-state index in [0.717, 1.165) is 26.2 Å². The summed E-state index contributed by atoms with van der Waals surface area (Å²) in [5, 5.41) is 12.8. The Kier molecular flexibility index (Phi) is 7.92. The van der Waals surface area contributed by atoms with Crippen molar-refractivity contribution in [3.63, 3.8) is 0 Å². The summed E-state index contributed by atoms with van der Waals surface area (Å²) in [7, 11) is 4.55. The lowest BCUT2D eigenvalue weighted by atomic mass is 9.77. The number of hydrogen-bond donors (Lipinski definition) is 2. The van der Waals surface area contributed by atoms with E-state index in [9.17, 15) is 31.9 Å². The van der Waals surface area contributed by atoms with E-state index in [4.69, 9.17) is 9.47 Å². The number of aromatic nitrogens is 1. The van der Waals surface area contributed by atoms with Gasteiger partial charge in [0.2, 0.25) is 5.82 Å². The lowest BCUT2D eigenvalue weighted by Gasteiger charge is -2.32. The van der Waals surface area contributed by atoms with Crippen LogP contribution in [0, 0.1) is 17.6 Å². The highest BCUT2D eigenvalue weighted by Gasteiger charge is 2.65. The maximum atomic E-state index is 14.5. The van der Waals surface area contributed by atoms with Crippen molar-refractivity contribution >= 4 is 11.6 Å². The molecular weight excluding hydrogens is 489 g/mol. The number of benzene rings is 1. The molecule has 0 saturated carbocycles. The molecular formula is C24H28F5N3O4. The van der Waals surface area contributed by atoms with Crippen LogP contribution in [0.3, 0.4) is 0 Å². The third-order valence-electron chi connectivity index (χ3n) is 6.50. The number of carbonyl (C=O) groups is 1. The van der Waals surface area contributed by atoms with Crippen molar-refractivity contribution < 1.29 is 41.3 Å². The highest BCUT2D eigenvalue weighted by molar-refractivity contribution is 5.95. The molecule has 2 aromatic rings. The van der Waals surface area contributed by atoms with Crippen LogP contribution in [0.4, 0.5) is 27.6 Å². The van der Waals surface area contributed by atoms with Crippen LogP contribution >= 0.6 is 0 Å². The number of methoxy groups -OCH3 is 1. The first kappa shape index (κ1) is 27.8. The summed E-state index contributed by atoms with van der Waals surface area (Å²) in [5.41, 5.74) is -2.49. The summed E-state index contributed by atoms with van der Waals surface area (Å²) < 4.78 is 80.8. The van der Waals surface area contributed by atoms with Crippen molar-refractivity contribution in [2.24, 2.45) is 5.92 Å². The Morgan fingerprint density at radius 2 is 1.97 bits per heavy atom. The molecule has 1 aromatic heterocycles. The molecule has 36 heavy (non-hydrogen) atoms. The fraction of sp³-hybridized carbons (Fsp3) is 0.500. The Bertz CT molecular complexity index is 1110. The fourth-order valence-corrected chi connectivity index (χ4v) is 4.40. The van der Waals surface area contributed by atoms with Crippen LogP contribution < -0.4 is 10.1 Å². The quantitative estimate of drug-likeness (QED) is 0.540. The monoisotopic (exact) mass is 517 g/mol. The van der Waals surface area contributed by atoms with Gasteiger partial charge in [-0.3, -0.25) is 9.78 Å². The van der Waals surface area contributed by atoms with E-state index in [1.54, 1.807) is 19.0 Å². The molecule has 5 atom stereocenters. The summed E-state index contributed by atoms with van der Waals surface area (Å²) in [5.74, 6) is -6.87. The van der Waals surface area contributed by atoms with E-state index in [-0.39, 0.29) is 23.5 Å². The molecule has 1 aliphatic rings. The number of alkyl halides is 3. The van der Waals surface area contributed by atoms with Gasteiger partial charge in [0.25, 0.3) is 5.91 Å². The largest absolute Gasteiger partial charge is 0.493 e. The van der Waals surface area contributed by atoms with E-state index in [1.165, 1.54) is 25.3 Å². The molecule has 7 nitrogen and oxygen atoms in total. The summed E-state index contributed by atoms with van der Waals surface area (Å²) >= 11 is 0. The topological polar surface area (TPSA) is 83.9 Å². The molecule has 198 valence electrons. The van der Waals surface area contributed by atoms with Crippen LogP contribution in [-0.4, -0.2) is 66.5 Å². The number of ether oxygens (including phenoxy) is 2. The van der Waals surface area contributed by atoms with Gasteiger partial charge in [-0.05, 0) is 39.2 Å². The molecule has 0 bridgehead atoms. The minimum absolute atomic E-state index is 0.131. The highest BCUT2D eigenvalue weighted by atomic mass is 19.4. The first-order valence-corrected chi connectivity index (χ1v) is 11.1. The van der Waals surface area contributed by atoms with Gasteiger partial charge in [-0.15, -0.1) is 0 Å². The second-order valence-corrected chi connectivity index (χ2v) is 9.18. The van der Waals surface area contributed by atoms with Gasteiger partial charge in [0.15, 0.2) is 17.2 Å². The molecule has 2 N–H and O–H groups in total. The number of hydrogen-bond acceptors (Lipinski definition) is 6. The second kappa shape index (κ2) is 10.3. The van der Waals surface area contributed by atoms with E-state index >= 15 is 0 Å². The second-order valence-electron chi connectivity index (χ2n) is 9.18. The number of nitrogens with one attached hydrogen (secondary N) is 1. The average Bonchev–Trinajstić information content (AvgIpc) is 3.07. The molecule has 1 aromatic carbocycles. The number of nitrogens with zero attached hydrogens (tertiary/aromatic N) is 2.